The molecule has 6 nitrogen and oxygen atoms in total. The van der Waals surface area contributed by atoms with E-state index in [0.29, 0.717) is 19.3 Å². The van der Waals surface area contributed by atoms with Crippen molar-refractivity contribution < 1.29 is 28.6 Å². The first kappa shape index (κ1) is 65.8. The molecule has 0 fully saturated rings. The van der Waals surface area contributed by atoms with Gasteiger partial charge in [0.15, 0.2) is 6.10 Å². The van der Waals surface area contributed by atoms with Gasteiger partial charge in [-0.15, -0.1) is 0 Å². The third-order valence-electron chi connectivity index (χ3n) is 12.7. The largest absolute Gasteiger partial charge is 0.462 e. The van der Waals surface area contributed by atoms with E-state index in [-0.39, 0.29) is 31.1 Å². The van der Waals surface area contributed by atoms with Crippen molar-refractivity contribution in [2.45, 2.75) is 297 Å². The second kappa shape index (κ2) is 57.4. The number of allylic oxidation sites excluding steroid dienone is 12. The molecule has 0 aliphatic rings. The van der Waals surface area contributed by atoms with Gasteiger partial charge in [-0.25, -0.2) is 0 Å². The van der Waals surface area contributed by atoms with Crippen LogP contribution in [-0.2, 0) is 28.6 Å². The Balaban J connectivity index is 4.05. The Bertz CT molecular complexity index is 1290. The smallest absolute Gasteiger partial charge is 0.306 e. The molecule has 0 radical (unpaired) electrons. The van der Waals surface area contributed by atoms with Crippen LogP contribution in [0.4, 0.5) is 0 Å². The molecule has 0 spiro atoms. The first-order valence-corrected chi connectivity index (χ1v) is 29.4. The second-order valence-corrected chi connectivity index (χ2v) is 19.5. The van der Waals surface area contributed by atoms with E-state index in [9.17, 15) is 14.4 Å². The van der Waals surface area contributed by atoms with Gasteiger partial charge in [-0.3, -0.25) is 14.4 Å². The molecule has 0 aromatic carbocycles. The van der Waals surface area contributed by atoms with E-state index in [0.717, 1.165) is 103 Å². The average Bonchev–Trinajstić information content (AvgIpc) is 3.35. The van der Waals surface area contributed by atoms with E-state index in [1.807, 2.05) is 0 Å². The number of esters is 3. The molecule has 0 saturated carbocycles. The fourth-order valence-electron chi connectivity index (χ4n) is 8.27. The fraction of sp³-hybridized carbons (Fsp3) is 0.762. The summed E-state index contributed by atoms with van der Waals surface area (Å²) in [6.07, 6.45) is 73.5. The molecule has 0 rings (SSSR count). The normalized spacial score (nSPS) is 12.6. The Hall–Kier alpha value is -3.15. The lowest BCUT2D eigenvalue weighted by Gasteiger charge is -2.18. The quantitative estimate of drug-likeness (QED) is 0.0262. The van der Waals surface area contributed by atoms with Gasteiger partial charge >= 0.3 is 17.9 Å². The van der Waals surface area contributed by atoms with Crippen LogP contribution in [0.5, 0.6) is 0 Å². The summed E-state index contributed by atoms with van der Waals surface area (Å²) >= 11 is 0. The molecule has 0 amide bonds. The Kier molecular flexibility index (Phi) is 54.8. The van der Waals surface area contributed by atoms with Gasteiger partial charge in [-0.2, -0.15) is 0 Å². The molecule has 1 unspecified atom stereocenters. The zero-order chi connectivity index (χ0) is 50.0. The number of hydrogen-bond donors (Lipinski definition) is 0. The van der Waals surface area contributed by atoms with Crippen molar-refractivity contribution >= 4 is 17.9 Å². The first-order chi connectivity index (χ1) is 34.0. The number of unbranched alkanes of at least 4 members (excludes halogenated alkanes) is 30. The molecule has 6 heteroatoms. The van der Waals surface area contributed by atoms with E-state index in [1.165, 1.54) is 148 Å². The van der Waals surface area contributed by atoms with Gasteiger partial charge in [-0.05, 0) is 83.5 Å². The molecule has 0 aliphatic carbocycles. The molecule has 69 heavy (non-hydrogen) atoms. The lowest BCUT2D eigenvalue weighted by Crippen LogP contribution is -2.30. The zero-order valence-electron chi connectivity index (χ0n) is 45.6. The highest BCUT2D eigenvalue weighted by molar-refractivity contribution is 5.71. The highest BCUT2D eigenvalue weighted by Gasteiger charge is 2.19. The van der Waals surface area contributed by atoms with Crippen LogP contribution in [-0.4, -0.2) is 37.2 Å². The van der Waals surface area contributed by atoms with E-state index in [4.69, 9.17) is 14.2 Å². The van der Waals surface area contributed by atoms with Gasteiger partial charge in [0.1, 0.15) is 13.2 Å². The van der Waals surface area contributed by atoms with Crippen LogP contribution in [0.25, 0.3) is 0 Å². The first-order valence-electron chi connectivity index (χ1n) is 29.4. The molecular formula is C63H110O6. The Morgan fingerprint density at radius 2 is 0.580 bits per heavy atom. The highest BCUT2D eigenvalue weighted by atomic mass is 16.6. The third-order valence-corrected chi connectivity index (χ3v) is 12.7. The summed E-state index contributed by atoms with van der Waals surface area (Å²) in [4.78, 5) is 37.9. The average molecular weight is 964 g/mol. The van der Waals surface area contributed by atoms with Crippen molar-refractivity contribution in [2.24, 2.45) is 0 Å². The van der Waals surface area contributed by atoms with Crippen molar-refractivity contribution in [3.8, 4) is 0 Å². The van der Waals surface area contributed by atoms with Gasteiger partial charge in [-0.1, -0.05) is 261 Å². The predicted molar refractivity (Wildman–Crippen MR) is 298 cm³/mol. The molecule has 0 heterocycles. The number of carbonyl (C=O) groups excluding carboxylic acids is 3. The van der Waals surface area contributed by atoms with E-state index in [2.05, 4.69) is 93.7 Å². The number of hydrogen-bond acceptors (Lipinski definition) is 6. The van der Waals surface area contributed by atoms with Crippen LogP contribution in [0.2, 0.25) is 0 Å². The van der Waals surface area contributed by atoms with Crippen molar-refractivity contribution in [2.75, 3.05) is 13.2 Å². The standard InChI is InChI=1S/C63H110O6/c1-4-7-10-13-16-19-21-22-23-24-25-26-27-28-29-30-31-32-33-34-35-36-37-38-39-40-42-44-47-50-53-56-62(65)68-59-60(58-67-61(64)55-52-49-46-43-18-15-12-9-6-3)69-63(66)57-54-51-48-45-41-20-17-14-11-8-5-2/h7,10,14,16-17,19,22-23,25-26,28-29,60H,4-6,8-9,11-13,15,18,20-21,24,27,30-59H2,1-3H3/b10-7-,17-14-,19-16-,23-22-,26-25-,29-28-. The minimum absolute atomic E-state index is 0.0749. The van der Waals surface area contributed by atoms with Crippen LogP contribution in [0.1, 0.15) is 290 Å². The second-order valence-electron chi connectivity index (χ2n) is 19.5. The Morgan fingerprint density at radius 3 is 0.942 bits per heavy atom. The third kappa shape index (κ3) is 55.6. The summed E-state index contributed by atoms with van der Waals surface area (Å²) in [5.41, 5.74) is 0. The zero-order valence-corrected chi connectivity index (χ0v) is 45.6. The maximum atomic E-state index is 12.8. The van der Waals surface area contributed by atoms with Crippen molar-refractivity contribution in [1.82, 2.24) is 0 Å². The Labute approximate surface area is 427 Å². The molecule has 398 valence electrons. The predicted octanol–water partition coefficient (Wildman–Crippen LogP) is 19.8. The lowest BCUT2D eigenvalue weighted by molar-refractivity contribution is -0.167. The highest BCUT2D eigenvalue weighted by Crippen LogP contribution is 2.16. The van der Waals surface area contributed by atoms with Crippen LogP contribution >= 0.6 is 0 Å². The summed E-state index contributed by atoms with van der Waals surface area (Å²) in [5, 5.41) is 0. The van der Waals surface area contributed by atoms with Crippen molar-refractivity contribution in [3.63, 3.8) is 0 Å². The minimum Gasteiger partial charge on any atom is -0.462 e. The summed E-state index contributed by atoms with van der Waals surface area (Å²) < 4.78 is 16.8. The summed E-state index contributed by atoms with van der Waals surface area (Å²) in [7, 11) is 0. The summed E-state index contributed by atoms with van der Waals surface area (Å²) in [5.74, 6) is -0.880. The summed E-state index contributed by atoms with van der Waals surface area (Å²) in [6.45, 7) is 6.47. The van der Waals surface area contributed by atoms with Gasteiger partial charge in [0, 0.05) is 19.3 Å². The van der Waals surface area contributed by atoms with Gasteiger partial charge < -0.3 is 14.2 Å². The topological polar surface area (TPSA) is 78.9 Å². The van der Waals surface area contributed by atoms with Crippen LogP contribution < -0.4 is 0 Å². The summed E-state index contributed by atoms with van der Waals surface area (Å²) in [6, 6.07) is 0. The van der Waals surface area contributed by atoms with Gasteiger partial charge in [0.25, 0.3) is 0 Å². The molecule has 0 bridgehead atoms. The maximum absolute atomic E-state index is 12.8. The number of rotatable bonds is 53. The molecule has 0 N–H and O–H groups in total. The van der Waals surface area contributed by atoms with Crippen LogP contribution in [0, 0.1) is 0 Å². The molecule has 0 aromatic rings. The molecule has 0 saturated heterocycles. The van der Waals surface area contributed by atoms with E-state index < -0.39 is 6.10 Å². The number of carbonyl (C=O) groups is 3. The molecule has 0 aromatic heterocycles. The number of ether oxygens (including phenoxy) is 3. The Morgan fingerprint density at radius 1 is 0.304 bits per heavy atom. The fourth-order valence-corrected chi connectivity index (χ4v) is 8.27. The maximum Gasteiger partial charge on any atom is 0.306 e. The molecule has 1 atom stereocenters. The van der Waals surface area contributed by atoms with Crippen molar-refractivity contribution in [3.05, 3.63) is 72.9 Å². The van der Waals surface area contributed by atoms with E-state index in [1.54, 1.807) is 0 Å². The van der Waals surface area contributed by atoms with Crippen LogP contribution in [0.3, 0.4) is 0 Å². The van der Waals surface area contributed by atoms with Gasteiger partial charge in [0.2, 0.25) is 0 Å². The monoisotopic (exact) mass is 963 g/mol. The van der Waals surface area contributed by atoms with Crippen molar-refractivity contribution in [1.29, 1.82) is 0 Å². The van der Waals surface area contributed by atoms with Crippen LogP contribution in [0.15, 0.2) is 72.9 Å². The van der Waals surface area contributed by atoms with E-state index >= 15 is 0 Å². The SMILES string of the molecule is CC/C=C\C/C=C\C/C=C\C/C=C\C/C=C\CCCCCCCCCCCCCCCCCC(=O)OCC(COC(=O)CCCCCCCCCCC)OC(=O)CCCCCCC/C=C\CCCC. The van der Waals surface area contributed by atoms with Gasteiger partial charge in [0.05, 0.1) is 0 Å². The molecular weight excluding hydrogens is 853 g/mol. The minimum atomic E-state index is -0.774. The molecule has 0 aliphatic heterocycles. The lowest BCUT2D eigenvalue weighted by atomic mass is 10.0.